The van der Waals surface area contributed by atoms with E-state index >= 15 is 0 Å². The first-order valence-electron chi connectivity index (χ1n) is 9.72. The van der Waals surface area contributed by atoms with Gasteiger partial charge in [-0.2, -0.15) is 5.06 Å². The zero-order valence-corrected chi connectivity index (χ0v) is 19.5. The van der Waals surface area contributed by atoms with E-state index in [4.69, 9.17) is 10.5 Å². The Morgan fingerprint density at radius 1 is 1.23 bits per heavy atom. The predicted molar refractivity (Wildman–Crippen MR) is 117 cm³/mol. The van der Waals surface area contributed by atoms with Crippen molar-refractivity contribution < 1.29 is 28.0 Å². The number of primary amides is 1. The Kier molecular flexibility index (Phi) is 10.2. The van der Waals surface area contributed by atoms with Gasteiger partial charge in [0.15, 0.2) is 15.1 Å². The fourth-order valence-electron chi connectivity index (χ4n) is 3.43. The van der Waals surface area contributed by atoms with Crippen LogP contribution in [0.2, 0.25) is 0 Å². The molecule has 12 heteroatoms. The second kappa shape index (κ2) is 11.6. The van der Waals surface area contributed by atoms with E-state index < -0.39 is 39.5 Å². The lowest BCUT2D eigenvalue weighted by Gasteiger charge is -2.33. The Bertz CT molecular complexity index is 843. The SMILES string of the molecule is COc1ccc(S(=O)(=O)[C@H](CN(O)C(C(N)=O)C(C)C)C(=O)N2CCNCC2)cc1.Cl. The summed E-state index contributed by atoms with van der Waals surface area (Å²) in [6, 6.07) is 4.53. The molecule has 31 heavy (non-hydrogen) atoms. The van der Waals surface area contributed by atoms with Crippen LogP contribution >= 0.6 is 12.4 Å². The summed E-state index contributed by atoms with van der Waals surface area (Å²) in [6.07, 6.45) is 0. The smallest absolute Gasteiger partial charge is 0.242 e. The minimum absolute atomic E-state index is 0. The van der Waals surface area contributed by atoms with Crippen molar-refractivity contribution in [2.24, 2.45) is 11.7 Å². The van der Waals surface area contributed by atoms with Crippen molar-refractivity contribution in [2.75, 3.05) is 39.8 Å². The maximum Gasteiger partial charge on any atom is 0.242 e. The highest BCUT2D eigenvalue weighted by Crippen LogP contribution is 2.23. The molecule has 1 aliphatic heterocycles. The van der Waals surface area contributed by atoms with Crippen LogP contribution in [-0.2, 0) is 19.4 Å². The highest BCUT2D eigenvalue weighted by molar-refractivity contribution is 7.92. The number of nitrogens with zero attached hydrogens (tertiary/aromatic N) is 2. The van der Waals surface area contributed by atoms with Gasteiger partial charge < -0.3 is 25.9 Å². The summed E-state index contributed by atoms with van der Waals surface area (Å²) in [5, 5.41) is 12.6. The fourth-order valence-corrected chi connectivity index (χ4v) is 5.04. The van der Waals surface area contributed by atoms with E-state index in [-0.39, 0.29) is 23.2 Å². The van der Waals surface area contributed by atoms with E-state index in [9.17, 15) is 23.2 Å². The molecule has 1 aromatic carbocycles. The first-order chi connectivity index (χ1) is 14.1. The molecule has 0 bridgehead atoms. The van der Waals surface area contributed by atoms with E-state index in [0.29, 0.717) is 37.0 Å². The molecule has 1 fully saturated rings. The zero-order valence-electron chi connectivity index (χ0n) is 17.9. The number of rotatable bonds is 9. The second-order valence-electron chi connectivity index (χ2n) is 7.50. The van der Waals surface area contributed by atoms with Gasteiger partial charge in [-0.25, -0.2) is 8.42 Å². The molecule has 2 rings (SSSR count). The predicted octanol–water partition coefficient (Wildman–Crippen LogP) is -0.108. The zero-order chi connectivity index (χ0) is 22.5. The van der Waals surface area contributed by atoms with Crippen molar-refractivity contribution in [3.63, 3.8) is 0 Å². The van der Waals surface area contributed by atoms with E-state index in [1.807, 2.05) is 0 Å². The number of hydrogen-bond acceptors (Lipinski definition) is 8. The van der Waals surface area contributed by atoms with Crippen LogP contribution in [0.3, 0.4) is 0 Å². The number of halogens is 1. The molecule has 1 heterocycles. The third kappa shape index (κ3) is 6.53. The monoisotopic (exact) mass is 478 g/mol. The van der Waals surface area contributed by atoms with Crippen LogP contribution in [0, 0.1) is 5.92 Å². The van der Waals surface area contributed by atoms with Crippen molar-refractivity contribution in [1.29, 1.82) is 0 Å². The van der Waals surface area contributed by atoms with Gasteiger partial charge in [-0.05, 0) is 30.2 Å². The minimum atomic E-state index is -4.18. The number of sulfone groups is 1. The third-order valence-corrected chi connectivity index (χ3v) is 7.09. The van der Waals surface area contributed by atoms with E-state index in [1.54, 1.807) is 13.8 Å². The van der Waals surface area contributed by atoms with Gasteiger partial charge in [-0.3, -0.25) is 9.59 Å². The standard InChI is InChI=1S/C19H30N4O6S.ClH/c1-13(2)17(18(20)24)23(26)12-16(19(25)22-10-8-21-9-11-22)30(27,28)15-6-4-14(29-3)5-7-15;/h4-7,13,16-17,21,26H,8-12H2,1-3H3,(H2,20,24);1H/t16-,17?;/m1./s1. The lowest BCUT2D eigenvalue weighted by atomic mass is 10.0. The van der Waals surface area contributed by atoms with Crippen LogP contribution in [0.25, 0.3) is 0 Å². The highest BCUT2D eigenvalue weighted by Gasteiger charge is 2.41. The molecule has 1 aromatic rings. The molecule has 176 valence electrons. The summed E-state index contributed by atoms with van der Waals surface area (Å²) in [5.41, 5.74) is 5.38. The largest absolute Gasteiger partial charge is 0.497 e. The Balaban J connectivity index is 0.00000480. The number of piperazine rings is 1. The number of nitrogens with two attached hydrogens (primary N) is 1. The average molecular weight is 479 g/mol. The second-order valence-corrected chi connectivity index (χ2v) is 9.63. The number of benzene rings is 1. The van der Waals surface area contributed by atoms with E-state index in [1.165, 1.54) is 36.3 Å². The van der Waals surface area contributed by atoms with Crippen LogP contribution in [0.1, 0.15) is 13.8 Å². The first-order valence-corrected chi connectivity index (χ1v) is 11.3. The van der Waals surface area contributed by atoms with Crippen molar-refractivity contribution in [1.82, 2.24) is 15.3 Å². The van der Waals surface area contributed by atoms with Crippen LogP contribution in [0.4, 0.5) is 0 Å². The number of nitrogens with one attached hydrogen (secondary N) is 1. The van der Waals surface area contributed by atoms with Gasteiger partial charge in [0, 0.05) is 26.2 Å². The third-order valence-electron chi connectivity index (χ3n) is 5.06. The topological polar surface area (TPSA) is 142 Å². The highest BCUT2D eigenvalue weighted by atomic mass is 35.5. The van der Waals surface area contributed by atoms with Crippen molar-refractivity contribution in [3.05, 3.63) is 24.3 Å². The number of amides is 2. The van der Waals surface area contributed by atoms with Gasteiger partial charge >= 0.3 is 0 Å². The number of carbonyl (C=O) groups excluding carboxylic acids is 2. The van der Waals surface area contributed by atoms with Gasteiger partial charge in [0.25, 0.3) is 0 Å². The average Bonchev–Trinajstić information content (AvgIpc) is 2.71. The molecule has 2 amide bonds. The number of hydroxylamine groups is 2. The molecule has 10 nitrogen and oxygen atoms in total. The van der Waals surface area contributed by atoms with Gasteiger partial charge in [0.2, 0.25) is 11.8 Å². The maximum atomic E-state index is 13.4. The van der Waals surface area contributed by atoms with Crippen LogP contribution in [-0.4, -0.2) is 86.5 Å². The van der Waals surface area contributed by atoms with E-state index in [2.05, 4.69) is 5.32 Å². The van der Waals surface area contributed by atoms with E-state index in [0.717, 1.165) is 0 Å². The van der Waals surface area contributed by atoms with Gasteiger partial charge in [0.05, 0.1) is 18.6 Å². The molecule has 0 aromatic heterocycles. The summed E-state index contributed by atoms with van der Waals surface area (Å²) >= 11 is 0. The Labute approximate surface area is 189 Å². The van der Waals surface area contributed by atoms with Crippen molar-refractivity contribution in [2.45, 2.75) is 30.0 Å². The summed E-state index contributed by atoms with van der Waals surface area (Å²) in [7, 11) is -2.72. The van der Waals surface area contributed by atoms with Gasteiger partial charge in [-0.1, -0.05) is 13.8 Å². The molecule has 1 aliphatic rings. The van der Waals surface area contributed by atoms with Crippen molar-refractivity contribution >= 4 is 34.1 Å². The van der Waals surface area contributed by atoms with Crippen molar-refractivity contribution in [3.8, 4) is 5.75 Å². The number of hydrogen-bond donors (Lipinski definition) is 3. The number of ether oxygens (including phenoxy) is 1. The molecule has 2 atom stereocenters. The first kappa shape index (κ1) is 27.1. The summed E-state index contributed by atoms with van der Waals surface area (Å²) < 4.78 is 31.8. The summed E-state index contributed by atoms with van der Waals surface area (Å²) in [6.45, 7) is 4.54. The molecule has 0 saturated carbocycles. The lowest BCUT2D eigenvalue weighted by molar-refractivity contribution is -0.162. The molecular formula is C19H31ClN4O6S. The molecular weight excluding hydrogens is 448 g/mol. The fraction of sp³-hybridized carbons (Fsp3) is 0.579. The van der Waals surface area contributed by atoms with Gasteiger partial charge in [0.1, 0.15) is 11.8 Å². The Morgan fingerprint density at radius 3 is 2.23 bits per heavy atom. The van der Waals surface area contributed by atoms with Gasteiger partial charge in [-0.15, -0.1) is 12.4 Å². The van der Waals surface area contributed by atoms with Crippen LogP contribution in [0.15, 0.2) is 29.2 Å². The Hall–Kier alpha value is -1.92. The molecule has 4 N–H and O–H groups in total. The molecule has 0 aliphatic carbocycles. The minimum Gasteiger partial charge on any atom is -0.497 e. The lowest BCUT2D eigenvalue weighted by Crippen LogP contribution is -2.56. The number of carbonyl (C=O) groups is 2. The quantitative estimate of drug-likeness (QED) is 0.417. The molecule has 1 saturated heterocycles. The maximum absolute atomic E-state index is 13.4. The summed E-state index contributed by atoms with van der Waals surface area (Å²) in [5.74, 6) is -1.34. The van der Waals surface area contributed by atoms with Crippen LogP contribution in [0.5, 0.6) is 5.75 Å². The Morgan fingerprint density at radius 2 is 1.77 bits per heavy atom. The molecule has 0 radical (unpaired) electrons. The normalized spacial score (nSPS) is 16.5. The number of methoxy groups -OCH3 is 1. The summed E-state index contributed by atoms with van der Waals surface area (Å²) in [4.78, 5) is 26.3. The molecule has 1 unspecified atom stereocenters. The molecule has 0 spiro atoms. The van der Waals surface area contributed by atoms with Crippen LogP contribution < -0.4 is 15.8 Å².